The van der Waals surface area contributed by atoms with Crippen molar-refractivity contribution in [3.05, 3.63) is 183 Å². The number of pyridine rings is 2. The summed E-state index contributed by atoms with van der Waals surface area (Å²) in [7, 11) is 0. The van der Waals surface area contributed by atoms with Crippen LogP contribution in [0.1, 0.15) is 39.1 Å². The van der Waals surface area contributed by atoms with Crippen LogP contribution in [0.5, 0.6) is 11.5 Å². The molecule has 0 fully saturated rings. The summed E-state index contributed by atoms with van der Waals surface area (Å²) < 4.78 is 14.9. The summed E-state index contributed by atoms with van der Waals surface area (Å²) in [5.74, 6) is 2.46. The summed E-state index contributed by atoms with van der Waals surface area (Å²) in [6.45, 7) is 6.70. The van der Waals surface area contributed by atoms with Crippen molar-refractivity contribution in [1.82, 2.24) is 18.5 Å². The Bertz CT molecular complexity index is 3020. The fourth-order valence-electron chi connectivity index (χ4n) is 8.46. The number of imidazole rings is 1. The van der Waals surface area contributed by atoms with Crippen LogP contribution in [0.2, 0.25) is 0 Å². The van der Waals surface area contributed by atoms with Crippen molar-refractivity contribution in [3.63, 3.8) is 0 Å². The second-order valence-electron chi connectivity index (χ2n) is 14.8. The van der Waals surface area contributed by atoms with E-state index in [1.807, 2.05) is 18.3 Å². The molecule has 55 heavy (non-hydrogen) atoms. The number of aryl methyl sites for hydroxylation is 5. The summed E-state index contributed by atoms with van der Waals surface area (Å²) in [5, 5.41) is 2.34. The molecule has 13 rings (SSSR count). The molecule has 6 heterocycles. The van der Waals surface area contributed by atoms with Crippen LogP contribution >= 0.6 is 0 Å². The molecular weight excluding hydrogens is 856 g/mol. The van der Waals surface area contributed by atoms with Crippen molar-refractivity contribution in [2.75, 3.05) is 0 Å². The molecule has 0 unspecified atom stereocenters. The molecule has 4 bridgehead atoms. The Hall–Kier alpha value is -5.77. The van der Waals surface area contributed by atoms with Crippen LogP contribution in [-0.2, 0) is 45.0 Å². The molecule has 5 nitrogen and oxygen atoms in total. The molecule has 0 spiro atoms. The van der Waals surface area contributed by atoms with Crippen molar-refractivity contribution >= 4 is 27.3 Å². The number of nitrogens with zero attached hydrogens (tertiary/aromatic N) is 4. The first kappa shape index (κ1) is 33.8. The molecule has 4 aromatic heterocycles. The fraction of sp³-hybridized carbons (Fsp3) is 0.143. The molecule has 0 radical (unpaired) electrons. The Labute approximate surface area is 331 Å². The molecule has 9 aromatic rings. The van der Waals surface area contributed by atoms with Crippen molar-refractivity contribution < 1.29 is 24.1 Å². The quantitative estimate of drug-likeness (QED) is 0.173. The Balaban J connectivity index is 1.04. The number of hydrogen-bond donors (Lipinski definition) is 0. The van der Waals surface area contributed by atoms with E-state index in [2.05, 4.69) is 175 Å². The van der Waals surface area contributed by atoms with Crippen LogP contribution in [0.25, 0.3) is 50.0 Å². The number of hydrogen-bond acceptors (Lipinski definition) is 2. The molecule has 6 heteroatoms. The van der Waals surface area contributed by atoms with Crippen LogP contribution < -0.4 is 4.74 Å². The van der Waals surface area contributed by atoms with E-state index in [9.17, 15) is 0 Å². The Morgan fingerprint density at radius 1 is 0.582 bits per heavy atom. The molecule has 2 aliphatic heterocycles. The summed E-state index contributed by atoms with van der Waals surface area (Å²) >= 11 is 2.50. The van der Waals surface area contributed by atoms with E-state index >= 15 is 0 Å². The summed E-state index contributed by atoms with van der Waals surface area (Å²) in [5.41, 5.74) is 16.6. The molecular formula is C49H40N4OPt. The van der Waals surface area contributed by atoms with Crippen molar-refractivity contribution in [1.29, 1.82) is 0 Å². The van der Waals surface area contributed by atoms with Crippen LogP contribution in [0, 0.1) is 24.6 Å². The Kier molecular flexibility index (Phi) is 8.30. The van der Waals surface area contributed by atoms with E-state index in [0.29, 0.717) is 0 Å². The number of fused-ring (bicyclic) bond motifs is 3. The third kappa shape index (κ3) is 5.89. The van der Waals surface area contributed by atoms with Crippen LogP contribution in [0.4, 0.5) is 0 Å². The summed E-state index contributed by atoms with van der Waals surface area (Å²) in [6, 6.07) is 45.8. The van der Waals surface area contributed by atoms with Gasteiger partial charge < -0.3 is 0 Å². The van der Waals surface area contributed by atoms with Gasteiger partial charge in [-0.1, -0.05) is 36.4 Å². The zero-order valence-corrected chi connectivity index (χ0v) is 33.4. The van der Waals surface area contributed by atoms with Crippen LogP contribution in [0.15, 0.2) is 140 Å². The van der Waals surface area contributed by atoms with Gasteiger partial charge in [-0.3, -0.25) is 0 Å². The van der Waals surface area contributed by atoms with Gasteiger partial charge in [0.25, 0.3) is 0 Å². The fourth-order valence-corrected chi connectivity index (χ4v) is 9.50. The molecule has 4 aliphatic rings. The zero-order chi connectivity index (χ0) is 37.2. The molecule has 272 valence electrons. The maximum atomic E-state index is 6.70. The molecule has 0 saturated carbocycles. The van der Waals surface area contributed by atoms with Gasteiger partial charge in [0.05, 0.1) is 0 Å². The van der Waals surface area contributed by atoms with E-state index < -0.39 is 0 Å². The average Bonchev–Trinajstić information content (AvgIpc) is 3.72. The number of benzene rings is 5. The minimum absolute atomic E-state index is 0.777. The minimum atomic E-state index is 0.777. The molecule has 0 saturated heterocycles. The van der Waals surface area contributed by atoms with Gasteiger partial charge in [0, 0.05) is 6.20 Å². The number of aromatic nitrogens is 4. The molecule has 0 amide bonds. The van der Waals surface area contributed by atoms with Crippen molar-refractivity contribution in [3.8, 4) is 34.1 Å². The van der Waals surface area contributed by atoms with Crippen LogP contribution in [-0.4, -0.2) is 18.5 Å². The van der Waals surface area contributed by atoms with E-state index in [0.717, 1.165) is 74.5 Å². The predicted octanol–water partition coefficient (Wildman–Crippen LogP) is 11.6. The topological polar surface area (TPSA) is 36.4 Å². The summed E-state index contributed by atoms with van der Waals surface area (Å²) in [4.78, 5) is 4.82. The number of ether oxygens (including phenoxy) is 1. The first-order valence-corrected chi connectivity index (χ1v) is 20.2. The van der Waals surface area contributed by atoms with Gasteiger partial charge in [-0.15, -0.1) is 0 Å². The second-order valence-corrected chi connectivity index (χ2v) is 15.9. The predicted molar refractivity (Wildman–Crippen MR) is 220 cm³/mol. The van der Waals surface area contributed by atoms with Crippen LogP contribution in [0.3, 0.4) is 0 Å². The van der Waals surface area contributed by atoms with E-state index in [1.165, 1.54) is 55.5 Å². The second kappa shape index (κ2) is 13.5. The van der Waals surface area contributed by atoms with Gasteiger partial charge in [-0.05, 0) is 29.7 Å². The Morgan fingerprint density at radius 3 is 2.16 bits per heavy atom. The van der Waals surface area contributed by atoms with Crippen molar-refractivity contribution in [2.45, 2.75) is 46.5 Å². The first-order valence-electron chi connectivity index (χ1n) is 19.0. The van der Waals surface area contributed by atoms with E-state index in [1.54, 1.807) is 0 Å². The van der Waals surface area contributed by atoms with E-state index in [-0.39, 0.29) is 0 Å². The first-order chi connectivity index (χ1) is 26.9. The standard InChI is InChI=1S/C49H40N4O.Pt/c1-32-24-25-50-49(26-32)53-46-23-18-39(37-8-5-4-6-9-37)27-45(46)44-22-21-43(29-47(44)53)54-42-11-7-10-41(28-42)51-30-48-38-15-14-35-12-13-36(34(3)33(35)2)16-19-40(20-17-38)52(48)31-51;/h4-13,17-18,20-30H,14-16,19H2,1-3H3;. The van der Waals surface area contributed by atoms with E-state index in [4.69, 9.17) is 9.72 Å². The normalized spacial score (nSPS) is 12.8. The van der Waals surface area contributed by atoms with Gasteiger partial charge in [0.1, 0.15) is 0 Å². The average molecular weight is 896 g/mol. The zero-order valence-electron chi connectivity index (χ0n) is 31.1. The third-order valence-corrected chi connectivity index (χ3v) is 12.6. The third-order valence-electron chi connectivity index (χ3n) is 11.6. The van der Waals surface area contributed by atoms with Gasteiger partial charge >= 0.3 is 261 Å². The molecule has 5 aromatic carbocycles. The molecule has 0 atom stereocenters. The molecule has 0 N–H and O–H groups in total. The SMILES string of the molecule is Cc1ccnc(-n2c3ccc(-c4ccccc4)cc3c3ccc(Oc4cccc(-n5cc6c7ccc(n6[c]5=[Pt])CCc5ccc(c(C)c5C)CC7)c4)cc32)c1. The molecule has 2 aliphatic carbocycles. The number of rotatable bonds is 5. The van der Waals surface area contributed by atoms with Gasteiger partial charge in [-0.2, -0.15) is 0 Å². The van der Waals surface area contributed by atoms with Crippen molar-refractivity contribution in [2.24, 2.45) is 0 Å². The van der Waals surface area contributed by atoms with Gasteiger partial charge in [0.15, 0.2) is 0 Å². The maximum absolute atomic E-state index is 6.70. The summed E-state index contributed by atoms with van der Waals surface area (Å²) in [6.07, 6.45) is 8.24. The Morgan fingerprint density at radius 2 is 1.35 bits per heavy atom. The monoisotopic (exact) mass is 895 g/mol. The van der Waals surface area contributed by atoms with Gasteiger partial charge in [0.2, 0.25) is 0 Å². The van der Waals surface area contributed by atoms with Gasteiger partial charge in [-0.25, -0.2) is 0 Å².